The summed E-state index contributed by atoms with van der Waals surface area (Å²) in [7, 11) is 0. The minimum absolute atomic E-state index is 0.196. The molecule has 2 aliphatic rings. The largest absolute Gasteiger partial charge is 0.490 e. The van der Waals surface area contributed by atoms with Gasteiger partial charge in [-0.25, -0.2) is 4.98 Å². The summed E-state index contributed by atoms with van der Waals surface area (Å²) < 4.78 is 56.8. The Balaban J connectivity index is 1.04. The highest BCUT2D eigenvalue weighted by Crippen LogP contribution is 2.30. The number of aryl methyl sites for hydroxylation is 1. The summed E-state index contributed by atoms with van der Waals surface area (Å²) in [5.41, 5.74) is 0.280. The SMILES string of the molecule is O=[N+]([O-])c1cn2c(n1)OC(COc1ccc(N3CCC(COc4ccc(C(F)(F)F)cn4)CC3)cc1)CC2. The fraction of sp³-hybridized carbons (Fsp3) is 0.440. The normalized spacial score (nSPS) is 18.0. The third-order valence-electron chi connectivity index (χ3n) is 6.66. The van der Waals surface area contributed by atoms with E-state index >= 15 is 0 Å². The molecule has 0 aliphatic carbocycles. The number of halogens is 3. The Morgan fingerprint density at radius 1 is 1.03 bits per heavy atom. The molecular formula is C25H26F3N5O5. The predicted octanol–water partition coefficient (Wildman–Crippen LogP) is 4.73. The Bertz CT molecular complexity index is 1240. The molecule has 2 aliphatic heterocycles. The molecule has 1 unspecified atom stereocenters. The number of anilines is 1. The van der Waals surface area contributed by atoms with Gasteiger partial charge in [0.15, 0.2) is 0 Å². The summed E-state index contributed by atoms with van der Waals surface area (Å²) in [4.78, 5) is 20.3. The molecule has 0 saturated carbocycles. The molecule has 13 heteroatoms. The van der Waals surface area contributed by atoms with Crippen molar-refractivity contribution in [3.05, 3.63) is 64.5 Å². The number of rotatable bonds is 8. The van der Waals surface area contributed by atoms with Gasteiger partial charge in [-0.15, -0.1) is 0 Å². The number of benzene rings is 1. The van der Waals surface area contributed by atoms with Gasteiger partial charge in [-0.1, -0.05) is 0 Å². The maximum atomic E-state index is 12.7. The van der Waals surface area contributed by atoms with Gasteiger partial charge in [0.05, 0.1) is 12.2 Å². The number of imidazole rings is 1. The standard InChI is InChI=1S/C25H26F3N5O5/c26-25(27,28)18-1-6-23(29-13-18)37-15-17-7-10-31(11-8-17)19-2-4-20(5-3-19)36-16-21-9-12-32-14-22(33(34)35)30-24(32)38-21/h1-6,13-14,17,21H,7-12,15-16H2. The van der Waals surface area contributed by atoms with Crippen molar-refractivity contribution in [3.8, 4) is 17.6 Å². The fourth-order valence-electron chi connectivity index (χ4n) is 4.47. The Hall–Kier alpha value is -4.03. The van der Waals surface area contributed by atoms with Crippen molar-refractivity contribution in [1.82, 2.24) is 14.5 Å². The third kappa shape index (κ3) is 6.09. The number of piperidine rings is 1. The van der Waals surface area contributed by atoms with Gasteiger partial charge in [-0.3, -0.25) is 4.57 Å². The summed E-state index contributed by atoms with van der Waals surface area (Å²) in [6, 6.07) is 10.3. The van der Waals surface area contributed by atoms with E-state index in [4.69, 9.17) is 14.2 Å². The van der Waals surface area contributed by atoms with Gasteiger partial charge in [-0.2, -0.15) is 13.2 Å². The number of pyridine rings is 1. The van der Waals surface area contributed by atoms with Crippen LogP contribution in [0.3, 0.4) is 0 Å². The smallest absolute Gasteiger partial charge is 0.417 e. The Kier molecular flexibility index (Phi) is 7.25. The summed E-state index contributed by atoms with van der Waals surface area (Å²) in [6.07, 6.45) is -0.0495. The van der Waals surface area contributed by atoms with Crippen molar-refractivity contribution >= 4 is 11.5 Å². The fourth-order valence-corrected chi connectivity index (χ4v) is 4.47. The first-order valence-electron chi connectivity index (χ1n) is 12.3. The van der Waals surface area contributed by atoms with Gasteiger partial charge in [0.2, 0.25) is 5.88 Å². The average molecular weight is 534 g/mol. The van der Waals surface area contributed by atoms with E-state index in [1.165, 1.54) is 12.3 Å². The van der Waals surface area contributed by atoms with Crippen molar-refractivity contribution in [2.24, 2.45) is 5.92 Å². The van der Waals surface area contributed by atoms with Crippen LogP contribution in [0, 0.1) is 16.0 Å². The van der Waals surface area contributed by atoms with Gasteiger partial charge in [0.25, 0.3) is 0 Å². The lowest BCUT2D eigenvalue weighted by Gasteiger charge is -2.33. The van der Waals surface area contributed by atoms with E-state index in [1.807, 2.05) is 24.3 Å². The quantitative estimate of drug-likeness (QED) is 0.302. The van der Waals surface area contributed by atoms with Crippen LogP contribution in [0.15, 0.2) is 48.8 Å². The third-order valence-corrected chi connectivity index (χ3v) is 6.66. The molecule has 5 rings (SSSR count). The number of alkyl halides is 3. The maximum Gasteiger partial charge on any atom is 0.417 e. The van der Waals surface area contributed by atoms with Gasteiger partial charge >= 0.3 is 18.0 Å². The molecule has 1 saturated heterocycles. The number of aromatic nitrogens is 3. The van der Waals surface area contributed by atoms with E-state index in [0.717, 1.165) is 43.9 Å². The molecule has 4 heterocycles. The van der Waals surface area contributed by atoms with Crippen LogP contribution in [0.5, 0.6) is 17.6 Å². The highest BCUT2D eigenvalue weighted by molar-refractivity contribution is 5.49. The Morgan fingerprint density at radius 2 is 1.79 bits per heavy atom. The Labute approximate surface area is 216 Å². The van der Waals surface area contributed by atoms with Crippen LogP contribution in [0.25, 0.3) is 0 Å². The Morgan fingerprint density at radius 3 is 2.45 bits per heavy atom. The second-order valence-electron chi connectivity index (χ2n) is 9.29. The van der Waals surface area contributed by atoms with E-state index in [2.05, 4.69) is 14.9 Å². The molecule has 202 valence electrons. The molecule has 1 atom stereocenters. The van der Waals surface area contributed by atoms with Gasteiger partial charge in [-0.05, 0) is 54.0 Å². The number of ether oxygens (including phenoxy) is 3. The molecule has 10 nitrogen and oxygen atoms in total. The topological polar surface area (TPSA) is 105 Å². The molecule has 0 bridgehead atoms. The van der Waals surface area contributed by atoms with Crippen LogP contribution < -0.4 is 19.1 Å². The lowest BCUT2D eigenvalue weighted by molar-refractivity contribution is -0.389. The van der Waals surface area contributed by atoms with Crippen molar-refractivity contribution in [3.63, 3.8) is 0 Å². The van der Waals surface area contributed by atoms with Crippen LogP contribution in [0.2, 0.25) is 0 Å². The zero-order valence-electron chi connectivity index (χ0n) is 20.3. The van der Waals surface area contributed by atoms with Crippen LogP contribution >= 0.6 is 0 Å². The number of fused-ring (bicyclic) bond motifs is 1. The molecule has 0 radical (unpaired) electrons. The summed E-state index contributed by atoms with van der Waals surface area (Å²) in [5, 5.41) is 10.9. The summed E-state index contributed by atoms with van der Waals surface area (Å²) >= 11 is 0. The number of nitrogens with zero attached hydrogens (tertiary/aromatic N) is 5. The van der Waals surface area contributed by atoms with Crippen molar-refractivity contribution in [2.75, 3.05) is 31.2 Å². The van der Waals surface area contributed by atoms with Crippen LogP contribution in [-0.4, -0.2) is 51.9 Å². The number of nitro groups is 1. The first-order chi connectivity index (χ1) is 18.2. The molecule has 0 spiro atoms. The monoisotopic (exact) mass is 533 g/mol. The molecule has 3 aromatic rings. The van der Waals surface area contributed by atoms with E-state index in [9.17, 15) is 23.3 Å². The van der Waals surface area contributed by atoms with Crippen LogP contribution in [0.1, 0.15) is 24.8 Å². The minimum atomic E-state index is -4.41. The van der Waals surface area contributed by atoms with Crippen molar-refractivity contribution in [1.29, 1.82) is 0 Å². The molecule has 0 amide bonds. The number of hydrogen-bond acceptors (Lipinski definition) is 8. The van der Waals surface area contributed by atoms with E-state index in [0.29, 0.717) is 37.8 Å². The zero-order chi connectivity index (χ0) is 26.7. The zero-order valence-corrected chi connectivity index (χ0v) is 20.3. The van der Waals surface area contributed by atoms with Gasteiger partial charge < -0.3 is 29.2 Å². The highest BCUT2D eigenvalue weighted by atomic mass is 19.4. The average Bonchev–Trinajstić information content (AvgIpc) is 3.35. The van der Waals surface area contributed by atoms with Gasteiger partial charge in [0, 0.05) is 49.0 Å². The van der Waals surface area contributed by atoms with Crippen molar-refractivity contribution in [2.45, 2.75) is 38.1 Å². The van der Waals surface area contributed by atoms with E-state index < -0.39 is 16.7 Å². The van der Waals surface area contributed by atoms with Crippen molar-refractivity contribution < 1.29 is 32.3 Å². The predicted molar refractivity (Wildman–Crippen MR) is 130 cm³/mol. The first kappa shape index (κ1) is 25.6. The molecule has 2 aromatic heterocycles. The molecule has 1 aromatic carbocycles. The summed E-state index contributed by atoms with van der Waals surface area (Å²) in [6.45, 7) is 2.96. The van der Waals surface area contributed by atoms with Crippen LogP contribution in [-0.2, 0) is 12.7 Å². The van der Waals surface area contributed by atoms with Gasteiger partial charge in [0.1, 0.15) is 24.7 Å². The second kappa shape index (κ2) is 10.8. The number of hydrogen-bond donors (Lipinski definition) is 0. The molecule has 0 N–H and O–H groups in total. The minimum Gasteiger partial charge on any atom is -0.490 e. The van der Waals surface area contributed by atoms with E-state index in [-0.39, 0.29) is 23.8 Å². The first-order valence-corrected chi connectivity index (χ1v) is 12.3. The lowest BCUT2D eigenvalue weighted by atomic mass is 9.97. The van der Waals surface area contributed by atoms with Crippen LogP contribution in [0.4, 0.5) is 24.7 Å². The molecule has 1 fully saturated rings. The molecule has 38 heavy (non-hydrogen) atoms. The maximum absolute atomic E-state index is 12.7. The lowest BCUT2D eigenvalue weighted by Crippen LogP contribution is -2.35. The van der Waals surface area contributed by atoms with E-state index in [1.54, 1.807) is 4.57 Å². The molecular weight excluding hydrogens is 507 g/mol. The second-order valence-corrected chi connectivity index (χ2v) is 9.29. The summed E-state index contributed by atoms with van der Waals surface area (Å²) in [5.74, 6) is 0.959. The highest BCUT2D eigenvalue weighted by Gasteiger charge is 2.31.